The lowest BCUT2D eigenvalue weighted by Gasteiger charge is -2.23. The topological polar surface area (TPSA) is 107 Å². The zero-order valence-electron chi connectivity index (χ0n) is 16.2. The fourth-order valence-corrected chi connectivity index (χ4v) is 3.81. The van der Waals surface area contributed by atoms with Crippen molar-refractivity contribution < 1.29 is 5.11 Å². The van der Waals surface area contributed by atoms with Gasteiger partial charge in [0.05, 0.1) is 30.5 Å². The molecule has 0 saturated carbocycles. The van der Waals surface area contributed by atoms with Gasteiger partial charge in [-0.2, -0.15) is 10.2 Å². The lowest BCUT2D eigenvalue weighted by atomic mass is 10.2. The molecule has 1 unspecified atom stereocenters. The number of aliphatic hydroxyl groups is 1. The van der Waals surface area contributed by atoms with Crippen LogP contribution < -0.4 is 10.2 Å². The number of hydrogen-bond acceptors (Lipinski definition) is 7. The first-order valence-electron chi connectivity index (χ1n) is 9.79. The van der Waals surface area contributed by atoms with Crippen LogP contribution in [-0.4, -0.2) is 48.4 Å². The van der Waals surface area contributed by atoms with Crippen LogP contribution in [0.15, 0.2) is 55.1 Å². The molecule has 0 radical (unpaired) electrons. The van der Waals surface area contributed by atoms with Crippen molar-refractivity contribution in [3.63, 3.8) is 0 Å². The van der Waals surface area contributed by atoms with Crippen molar-refractivity contribution in [2.75, 3.05) is 23.4 Å². The fourth-order valence-electron chi connectivity index (χ4n) is 3.81. The number of nitrogens with one attached hydrogen (secondary N) is 1. The highest BCUT2D eigenvalue weighted by Crippen LogP contribution is 2.26. The molecule has 30 heavy (non-hydrogen) atoms. The number of anilines is 3. The average Bonchev–Trinajstić information content (AvgIpc) is 3.53. The summed E-state index contributed by atoms with van der Waals surface area (Å²) in [6.45, 7) is 0.906. The molecule has 5 rings (SSSR count). The molecule has 9 nitrogen and oxygen atoms in total. The Balaban J connectivity index is 1.48. The molecule has 1 aliphatic rings. The molecule has 150 valence electrons. The van der Waals surface area contributed by atoms with E-state index in [4.69, 9.17) is 10.2 Å². The Morgan fingerprint density at radius 2 is 2.20 bits per heavy atom. The lowest BCUT2D eigenvalue weighted by molar-refractivity contribution is 0.265. The second-order valence-electron chi connectivity index (χ2n) is 7.22. The van der Waals surface area contributed by atoms with Crippen LogP contribution in [0.5, 0.6) is 0 Å². The van der Waals surface area contributed by atoms with E-state index in [0.717, 1.165) is 30.6 Å². The third kappa shape index (κ3) is 3.23. The van der Waals surface area contributed by atoms with E-state index in [9.17, 15) is 5.11 Å². The van der Waals surface area contributed by atoms with Crippen LogP contribution in [0.1, 0.15) is 18.4 Å². The second-order valence-corrected chi connectivity index (χ2v) is 7.22. The van der Waals surface area contributed by atoms with E-state index in [-0.39, 0.29) is 12.6 Å². The van der Waals surface area contributed by atoms with E-state index < -0.39 is 0 Å². The number of benzene rings is 1. The minimum Gasteiger partial charge on any atom is -0.394 e. The Labute approximate surface area is 172 Å². The summed E-state index contributed by atoms with van der Waals surface area (Å²) >= 11 is 0. The summed E-state index contributed by atoms with van der Waals surface area (Å²) in [7, 11) is 0. The molecule has 0 amide bonds. The maximum Gasteiger partial charge on any atom is 0.245 e. The van der Waals surface area contributed by atoms with E-state index >= 15 is 0 Å². The van der Waals surface area contributed by atoms with E-state index in [2.05, 4.69) is 26.4 Å². The number of nitriles is 1. The van der Waals surface area contributed by atoms with Gasteiger partial charge in [-0.25, -0.2) is 9.50 Å². The van der Waals surface area contributed by atoms with Gasteiger partial charge in [-0.15, -0.1) is 5.10 Å². The summed E-state index contributed by atoms with van der Waals surface area (Å²) < 4.78 is 3.63. The SMILES string of the molecule is N#Cc1cccc(-n2cnc(Nc3nc(N4CCCC4CO)nn4cccc34)c2)c1. The van der Waals surface area contributed by atoms with Gasteiger partial charge >= 0.3 is 0 Å². The first kappa shape index (κ1) is 18.1. The molecule has 0 bridgehead atoms. The molecule has 1 aliphatic heterocycles. The summed E-state index contributed by atoms with van der Waals surface area (Å²) in [6, 6.07) is 13.4. The van der Waals surface area contributed by atoms with Gasteiger partial charge in [0.1, 0.15) is 17.7 Å². The first-order valence-corrected chi connectivity index (χ1v) is 9.79. The zero-order valence-corrected chi connectivity index (χ0v) is 16.2. The Kier molecular flexibility index (Phi) is 4.53. The predicted molar refractivity (Wildman–Crippen MR) is 112 cm³/mol. The first-order chi connectivity index (χ1) is 14.7. The molecule has 4 aromatic rings. The molecule has 1 saturated heterocycles. The van der Waals surface area contributed by atoms with Gasteiger partial charge in [0.15, 0.2) is 5.82 Å². The fraction of sp³-hybridized carbons (Fsp3) is 0.238. The summed E-state index contributed by atoms with van der Waals surface area (Å²) in [6.07, 6.45) is 7.36. The minimum atomic E-state index is 0.0393. The van der Waals surface area contributed by atoms with Crippen molar-refractivity contribution in [2.24, 2.45) is 0 Å². The molecule has 4 heterocycles. The van der Waals surface area contributed by atoms with Crippen molar-refractivity contribution in [3.8, 4) is 11.8 Å². The largest absolute Gasteiger partial charge is 0.394 e. The molecule has 1 atom stereocenters. The third-order valence-corrected chi connectivity index (χ3v) is 5.33. The number of rotatable bonds is 5. The van der Waals surface area contributed by atoms with Gasteiger partial charge in [-0.1, -0.05) is 6.07 Å². The lowest BCUT2D eigenvalue weighted by Crippen LogP contribution is -2.34. The Bertz CT molecular complexity index is 1240. The summed E-state index contributed by atoms with van der Waals surface area (Å²) in [5, 5.41) is 26.7. The summed E-state index contributed by atoms with van der Waals surface area (Å²) in [5.41, 5.74) is 2.28. The Morgan fingerprint density at radius 1 is 1.27 bits per heavy atom. The highest BCUT2D eigenvalue weighted by atomic mass is 16.3. The number of nitrogens with zero attached hydrogens (tertiary/aromatic N) is 7. The number of aliphatic hydroxyl groups excluding tert-OH is 1. The second kappa shape index (κ2) is 7.50. The van der Waals surface area contributed by atoms with Crippen LogP contribution in [-0.2, 0) is 0 Å². The number of imidazole rings is 1. The Hall–Kier alpha value is -3.90. The zero-order chi connectivity index (χ0) is 20.5. The predicted octanol–water partition coefficient (Wildman–Crippen LogP) is 2.49. The third-order valence-electron chi connectivity index (χ3n) is 5.33. The smallest absolute Gasteiger partial charge is 0.245 e. The van der Waals surface area contributed by atoms with Crippen LogP contribution in [0.2, 0.25) is 0 Å². The van der Waals surface area contributed by atoms with Crippen LogP contribution >= 0.6 is 0 Å². The van der Waals surface area contributed by atoms with Crippen molar-refractivity contribution in [3.05, 3.63) is 60.7 Å². The standard InChI is InChI=1S/C21H20N8O/c22-11-15-4-1-5-16(10-15)27-12-19(23-14-27)24-20-18-7-3-9-29(18)26-21(25-20)28-8-2-6-17(28)13-30/h1,3-5,7,9-10,12,14,17,30H,2,6,8,13H2,(H,24,25,26). The molecular weight excluding hydrogens is 380 g/mol. The van der Waals surface area contributed by atoms with Crippen molar-refractivity contribution in [2.45, 2.75) is 18.9 Å². The van der Waals surface area contributed by atoms with E-state index in [0.29, 0.717) is 23.1 Å². The van der Waals surface area contributed by atoms with Crippen molar-refractivity contribution in [1.29, 1.82) is 5.26 Å². The summed E-state index contributed by atoms with van der Waals surface area (Å²) in [4.78, 5) is 11.2. The molecule has 2 N–H and O–H groups in total. The molecule has 9 heteroatoms. The van der Waals surface area contributed by atoms with Gasteiger partial charge in [0.25, 0.3) is 0 Å². The summed E-state index contributed by atoms with van der Waals surface area (Å²) in [5.74, 6) is 1.86. The number of aromatic nitrogens is 5. The number of hydrogen-bond donors (Lipinski definition) is 2. The van der Waals surface area contributed by atoms with Gasteiger partial charge in [0.2, 0.25) is 5.95 Å². The normalized spacial score (nSPS) is 16.1. The monoisotopic (exact) mass is 400 g/mol. The molecule has 3 aromatic heterocycles. The maximum atomic E-state index is 9.67. The average molecular weight is 400 g/mol. The molecule has 0 aliphatic carbocycles. The van der Waals surface area contributed by atoms with Crippen molar-refractivity contribution >= 4 is 23.1 Å². The van der Waals surface area contributed by atoms with Gasteiger partial charge in [-0.05, 0) is 43.2 Å². The van der Waals surface area contributed by atoms with E-state index in [1.165, 1.54) is 0 Å². The minimum absolute atomic E-state index is 0.0393. The van der Waals surface area contributed by atoms with Crippen LogP contribution in [0.4, 0.5) is 17.6 Å². The van der Waals surface area contributed by atoms with E-state index in [1.54, 1.807) is 16.9 Å². The molecular formula is C21H20N8O. The van der Waals surface area contributed by atoms with E-state index in [1.807, 2.05) is 47.3 Å². The van der Waals surface area contributed by atoms with Crippen LogP contribution in [0, 0.1) is 11.3 Å². The Morgan fingerprint density at radius 3 is 3.07 bits per heavy atom. The quantitative estimate of drug-likeness (QED) is 0.530. The van der Waals surface area contributed by atoms with Gasteiger partial charge in [-0.3, -0.25) is 0 Å². The molecule has 1 aromatic carbocycles. The molecule has 1 fully saturated rings. The van der Waals surface area contributed by atoms with Crippen LogP contribution in [0.25, 0.3) is 11.2 Å². The molecule has 0 spiro atoms. The van der Waals surface area contributed by atoms with Crippen molar-refractivity contribution in [1.82, 2.24) is 24.1 Å². The number of fused-ring (bicyclic) bond motifs is 1. The highest BCUT2D eigenvalue weighted by molar-refractivity contribution is 5.73. The highest BCUT2D eigenvalue weighted by Gasteiger charge is 2.27. The van der Waals surface area contributed by atoms with Gasteiger partial charge in [0, 0.05) is 18.4 Å². The maximum absolute atomic E-state index is 9.67. The van der Waals surface area contributed by atoms with Crippen LogP contribution in [0.3, 0.4) is 0 Å². The van der Waals surface area contributed by atoms with Gasteiger partial charge < -0.3 is 19.9 Å².